The molecule has 0 unspecified atom stereocenters. The minimum Gasteiger partial charge on any atom is -0.337 e. The summed E-state index contributed by atoms with van der Waals surface area (Å²) < 4.78 is 0. The van der Waals surface area contributed by atoms with Crippen LogP contribution in [0.3, 0.4) is 0 Å². The number of hydrogen-bond acceptors (Lipinski definition) is 3. The Morgan fingerprint density at radius 1 is 1.36 bits per heavy atom. The third-order valence-electron chi connectivity index (χ3n) is 1.32. The van der Waals surface area contributed by atoms with Crippen LogP contribution in [-0.2, 0) is 14.4 Å². The molecule has 4 heteroatoms. The average molecular weight is 157 g/mol. The van der Waals surface area contributed by atoms with Crippen molar-refractivity contribution in [2.24, 2.45) is 0 Å². The van der Waals surface area contributed by atoms with E-state index in [0.717, 1.165) is 5.06 Å². The summed E-state index contributed by atoms with van der Waals surface area (Å²) in [7, 11) is 0. The van der Waals surface area contributed by atoms with E-state index in [1.54, 1.807) is 0 Å². The van der Waals surface area contributed by atoms with Gasteiger partial charge in [-0.1, -0.05) is 0 Å². The van der Waals surface area contributed by atoms with Gasteiger partial charge in [-0.3, -0.25) is 4.79 Å². The summed E-state index contributed by atoms with van der Waals surface area (Å²) in [5, 5.41) is 1.12. The van der Waals surface area contributed by atoms with Gasteiger partial charge in [0.2, 0.25) is 0 Å². The van der Waals surface area contributed by atoms with Crippen LogP contribution >= 0.6 is 0 Å². The third kappa shape index (κ3) is 1.50. The SMILES string of the molecule is CC(C)(C)N1OC(=O)CC1=O. The number of carbonyl (C=O) groups is 2. The van der Waals surface area contributed by atoms with Crippen molar-refractivity contribution in [3.63, 3.8) is 0 Å². The Kier molecular flexibility index (Phi) is 1.62. The number of nitrogens with zero attached hydrogens (tertiary/aromatic N) is 1. The summed E-state index contributed by atoms with van der Waals surface area (Å²) in [5.74, 6) is -0.729. The normalized spacial score (nSPS) is 19.0. The standard InChI is InChI=1S/C7H11NO3/c1-7(2,3)8-5(9)4-6(10)11-8/h4H2,1-3H3. The van der Waals surface area contributed by atoms with E-state index in [9.17, 15) is 9.59 Å². The van der Waals surface area contributed by atoms with E-state index < -0.39 is 11.5 Å². The van der Waals surface area contributed by atoms with Crippen molar-refractivity contribution in [1.29, 1.82) is 0 Å². The molecule has 0 saturated carbocycles. The number of carbonyl (C=O) groups excluding carboxylic acids is 2. The number of amides is 1. The molecule has 0 bridgehead atoms. The Morgan fingerprint density at radius 2 is 1.91 bits per heavy atom. The molecule has 0 N–H and O–H groups in total. The number of rotatable bonds is 0. The summed E-state index contributed by atoms with van der Waals surface area (Å²) >= 11 is 0. The van der Waals surface area contributed by atoms with E-state index in [2.05, 4.69) is 4.84 Å². The van der Waals surface area contributed by atoms with Crippen molar-refractivity contribution in [2.45, 2.75) is 32.7 Å². The van der Waals surface area contributed by atoms with E-state index in [0.29, 0.717) is 0 Å². The zero-order chi connectivity index (χ0) is 8.65. The molecule has 1 aliphatic rings. The van der Waals surface area contributed by atoms with Crippen LogP contribution in [0.25, 0.3) is 0 Å². The van der Waals surface area contributed by atoms with Crippen molar-refractivity contribution in [3.05, 3.63) is 0 Å². The van der Waals surface area contributed by atoms with Crippen LogP contribution in [0.5, 0.6) is 0 Å². The third-order valence-corrected chi connectivity index (χ3v) is 1.32. The summed E-state index contributed by atoms with van der Waals surface area (Å²) in [6.45, 7) is 5.43. The fourth-order valence-electron chi connectivity index (χ4n) is 0.891. The molecule has 0 aliphatic carbocycles. The smallest absolute Gasteiger partial charge is 0.337 e. The van der Waals surface area contributed by atoms with Crippen LogP contribution in [0.2, 0.25) is 0 Å². The summed E-state index contributed by atoms with van der Waals surface area (Å²) in [5.41, 5.74) is -0.427. The molecule has 1 aliphatic heterocycles. The minimum absolute atomic E-state index is 0.128. The predicted octanol–water partition coefficient (Wildman–Crippen LogP) is 0.475. The van der Waals surface area contributed by atoms with Gasteiger partial charge in [0, 0.05) is 0 Å². The fraction of sp³-hybridized carbons (Fsp3) is 0.714. The molecule has 0 aromatic heterocycles. The summed E-state index contributed by atoms with van der Waals surface area (Å²) in [4.78, 5) is 26.3. The van der Waals surface area contributed by atoms with Gasteiger partial charge in [-0.15, -0.1) is 0 Å². The second-order valence-corrected chi connectivity index (χ2v) is 3.50. The lowest BCUT2D eigenvalue weighted by atomic mass is 10.1. The molecule has 0 atom stereocenters. The van der Waals surface area contributed by atoms with Gasteiger partial charge in [0.1, 0.15) is 6.42 Å². The first-order chi connectivity index (χ1) is 4.91. The van der Waals surface area contributed by atoms with Crippen LogP contribution in [0.4, 0.5) is 0 Å². The minimum atomic E-state index is -0.468. The molecular weight excluding hydrogens is 146 g/mol. The van der Waals surface area contributed by atoms with E-state index in [1.165, 1.54) is 0 Å². The molecule has 0 aromatic rings. The molecule has 0 radical (unpaired) electrons. The highest BCUT2D eigenvalue weighted by atomic mass is 16.7. The molecular formula is C7H11NO3. The van der Waals surface area contributed by atoms with Crippen molar-refractivity contribution in [2.75, 3.05) is 0 Å². The zero-order valence-electron chi connectivity index (χ0n) is 6.88. The van der Waals surface area contributed by atoms with Gasteiger partial charge in [0.15, 0.2) is 0 Å². The highest BCUT2D eigenvalue weighted by Crippen LogP contribution is 2.20. The van der Waals surface area contributed by atoms with E-state index >= 15 is 0 Å². The van der Waals surface area contributed by atoms with Crippen molar-refractivity contribution >= 4 is 11.9 Å². The first kappa shape index (κ1) is 8.04. The van der Waals surface area contributed by atoms with E-state index in [4.69, 9.17) is 0 Å². The lowest BCUT2D eigenvalue weighted by Crippen LogP contribution is -2.41. The maximum Gasteiger partial charge on any atom is 0.342 e. The Hall–Kier alpha value is -1.06. The van der Waals surface area contributed by atoms with Crippen LogP contribution < -0.4 is 0 Å². The number of hydrogen-bond donors (Lipinski definition) is 0. The van der Waals surface area contributed by atoms with Gasteiger partial charge in [0.25, 0.3) is 5.91 Å². The summed E-state index contributed by atoms with van der Waals surface area (Å²) in [6, 6.07) is 0. The first-order valence-corrected chi connectivity index (χ1v) is 3.45. The maximum atomic E-state index is 11.0. The maximum absolute atomic E-state index is 11.0. The molecule has 62 valence electrons. The van der Waals surface area contributed by atoms with Gasteiger partial charge in [-0.05, 0) is 20.8 Å². The second-order valence-electron chi connectivity index (χ2n) is 3.50. The zero-order valence-corrected chi connectivity index (χ0v) is 6.88. The molecule has 1 rings (SSSR count). The van der Waals surface area contributed by atoms with Crippen molar-refractivity contribution < 1.29 is 14.4 Å². The average Bonchev–Trinajstić information content (AvgIpc) is 2.08. The Balaban J connectivity index is 2.76. The quantitative estimate of drug-likeness (QED) is 0.480. The van der Waals surface area contributed by atoms with Gasteiger partial charge < -0.3 is 4.84 Å². The van der Waals surface area contributed by atoms with Crippen molar-refractivity contribution in [3.8, 4) is 0 Å². The molecule has 0 spiro atoms. The molecule has 4 nitrogen and oxygen atoms in total. The van der Waals surface area contributed by atoms with Gasteiger partial charge in [-0.25, -0.2) is 4.79 Å². The molecule has 1 saturated heterocycles. The highest BCUT2D eigenvalue weighted by molar-refractivity contribution is 5.98. The first-order valence-electron chi connectivity index (χ1n) is 3.45. The van der Waals surface area contributed by atoms with Gasteiger partial charge in [-0.2, -0.15) is 5.06 Å². The van der Waals surface area contributed by atoms with Crippen LogP contribution in [0.1, 0.15) is 27.2 Å². The molecule has 1 fully saturated rings. The van der Waals surface area contributed by atoms with Crippen molar-refractivity contribution in [1.82, 2.24) is 5.06 Å². The van der Waals surface area contributed by atoms with Crippen LogP contribution in [-0.4, -0.2) is 22.5 Å². The second kappa shape index (κ2) is 2.22. The molecule has 1 amide bonds. The highest BCUT2D eigenvalue weighted by Gasteiger charge is 2.37. The van der Waals surface area contributed by atoms with Gasteiger partial charge in [0.05, 0.1) is 5.54 Å². The van der Waals surface area contributed by atoms with Gasteiger partial charge >= 0.3 is 5.97 Å². The van der Waals surface area contributed by atoms with Crippen LogP contribution in [0, 0.1) is 0 Å². The topological polar surface area (TPSA) is 46.6 Å². The van der Waals surface area contributed by atoms with E-state index in [1.807, 2.05) is 20.8 Å². The number of hydroxylamine groups is 2. The molecule has 11 heavy (non-hydrogen) atoms. The lowest BCUT2D eigenvalue weighted by Gasteiger charge is -2.27. The fourth-order valence-corrected chi connectivity index (χ4v) is 0.891. The Morgan fingerprint density at radius 3 is 2.09 bits per heavy atom. The Bertz CT molecular complexity index is 204. The Labute approximate surface area is 65.1 Å². The predicted molar refractivity (Wildman–Crippen MR) is 37.3 cm³/mol. The lowest BCUT2D eigenvalue weighted by molar-refractivity contribution is -0.196. The summed E-state index contributed by atoms with van der Waals surface area (Å²) in [6.07, 6.45) is -0.128. The molecule has 0 aromatic carbocycles. The molecule has 1 heterocycles. The monoisotopic (exact) mass is 157 g/mol. The van der Waals surface area contributed by atoms with E-state index in [-0.39, 0.29) is 12.3 Å². The van der Waals surface area contributed by atoms with Crippen LogP contribution in [0.15, 0.2) is 0 Å². The largest absolute Gasteiger partial charge is 0.342 e.